The van der Waals surface area contributed by atoms with E-state index in [9.17, 15) is 4.79 Å². The van der Waals surface area contributed by atoms with Gasteiger partial charge in [-0.05, 0) is 17.7 Å². The van der Waals surface area contributed by atoms with Crippen LogP contribution in [-0.2, 0) is 16.1 Å². The molecule has 1 saturated heterocycles. The van der Waals surface area contributed by atoms with Crippen LogP contribution in [0, 0.1) is 0 Å². The van der Waals surface area contributed by atoms with Crippen molar-refractivity contribution >= 4 is 21.8 Å². The normalized spacial score (nSPS) is 15.5. The van der Waals surface area contributed by atoms with Crippen LogP contribution in [0.5, 0.6) is 0 Å². The van der Waals surface area contributed by atoms with Crippen LogP contribution >= 0.6 is 15.9 Å². The average molecular weight is 327 g/mol. The highest BCUT2D eigenvalue weighted by molar-refractivity contribution is 9.10. The van der Waals surface area contributed by atoms with E-state index in [2.05, 4.69) is 21.2 Å². The number of amides is 1. The van der Waals surface area contributed by atoms with Crippen molar-refractivity contribution in [3.8, 4) is 0 Å². The van der Waals surface area contributed by atoms with E-state index < -0.39 is 0 Å². The van der Waals surface area contributed by atoms with Gasteiger partial charge in [0.25, 0.3) is 0 Å². The minimum Gasteiger partial charge on any atom is -0.376 e. The molecule has 0 saturated carbocycles. The number of ether oxygens (including phenoxy) is 1. The smallest absolute Gasteiger partial charge is 0.224 e. The fourth-order valence-corrected chi connectivity index (χ4v) is 2.50. The fraction of sp³-hybridized carbons (Fsp3) is 0.500. The minimum atomic E-state index is 0.191. The topological polar surface area (TPSA) is 41.6 Å². The average Bonchev–Trinajstić information content (AvgIpc) is 2.44. The summed E-state index contributed by atoms with van der Waals surface area (Å²) in [5, 5.41) is 3.23. The summed E-state index contributed by atoms with van der Waals surface area (Å²) in [6.07, 6.45) is 0.466. The van der Waals surface area contributed by atoms with Gasteiger partial charge in [0.15, 0.2) is 0 Å². The van der Waals surface area contributed by atoms with Gasteiger partial charge in [0.2, 0.25) is 5.91 Å². The molecular formula is C14H19BrN2O2. The molecular weight excluding hydrogens is 308 g/mol. The summed E-state index contributed by atoms with van der Waals surface area (Å²) >= 11 is 3.42. The van der Waals surface area contributed by atoms with Crippen molar-refractivity contribution in [3.63, 3.8) is 0 Å². The van der Waals surface area contributed by atoms with E-state index in [1.807, 2.05) is 29.2 Å². The summed E-state index contributed by atoms with van der Waals surface area (Å²) in [4.78, 5) is 13.8. The molecule has 1 aliphatic heterocycles. The molecule has 5 heteroatoms. The summed E-state index contributed by atoms with van der Waals surface area (Å²) < 4.78 is 6.60. The Bertz CT molecular complexity index is 420. The molecule has 2 rings (SSSR count). The molecule has 4 nitrogen and oxygen atoms in total. The van der Waals surface area contributed by atoms with Crippen LogP contribution in [-0.4, -0.2) is 43.6 Å². The molecule has 0 aliphatic carbocycles. The second-order valence-corrected chi connectivity index (χ2v) is 5.48. The highest BCUT2D eigenvalue weighted by atomic mass is 79.9. The zero-order valence-corrected chi connectivity index (χ0v) is 12.5. The van der Waals surface area contributed by atoms with Crippen molar-refractivity contribution in [2.75, 3.05) is 32.8 Å². The number of hydrogen-bond donors (Lipinski definition) is 1. The van der Waals surface area contributed by atoms with Gasteiger partial charge in [0.05, 0.1) is 19.6 Å². The Morgan fingerprint density at radius 3 is 2.89 bits per heavy atom. The molecule has 1 aromatic rings. The Balaban J connectivity index is 1.65. The van der Waals surface area contributed by atoms with Crippen molar-refractivity contribution in [3.05, 3.63) is 34.3 Å². The first-order valence-electron chi connectivity index (χ1n) is 6.56. The lowest BCUT2D eigenvalue weighted by Gasteiger charge is -2.27. The van der Waals surface area contributed by atoms with E-state index >= 15 is 0 Å². The van der Waals surface area contributed by atoms with E-state index in [-0.39, 0.29) is 5.91 Å². The molecule has 0 atom stereocenters. The van der Waals surface area contributed by atoms with Crippen LogP contribution < -0.4 is 5.32 Å². The maximum atomic E-state index is 11.9. The monoisotopic (exact) mass is 326 g/mol. The summed E-state index contributed by atoms with van der Waals surface area (Å²) in [5.74, 6) is 0.191. The quantitative estimate of drug-likeness (QED) is 0.839. The van der Waals surface area contributed by atoms with Crippen LogP contribution in [0.2, 0.25) is 0 Å². The van der Waals surface area contributed by atoms with Gasteiger partial charge in [-0.2, -0.15) is 0 Å². The zero-order valence-electron chi connectivity index (χ0n) is 10.9. The van der Waals surface area contributed by atoms with Crippen molar-refractivity contribution in [1.82, 2.24) is 10.2 Å². The highest BCUT2D eigenvalue weighted by Gasteiger charge is 2.15. The number of carbonyl (C=O) groups is 1. The number of piperazine rings is 1. The van der Waals surface area contributed by atoms with Gasteiger partial charge in [-0.25, -0.2) is 0 Å². The Hall–Kier alpha value is -0.910. The van der Waals surface area contributed by atoms with Crippen LogP contribution in [0.3, 0.4) is 0 Å². The SMILES string of the molecule is O=C(CCOCc1cccc(Br)c1)N1CCNCC1. The van der Waals surface area contributed by atoms with Gasteiger partial charge in [0.1, 0.15) is 0 Å². The van der Waals surface area contributed by atoms with Crippen LogP contribution in [0.15, 0.2) is 28.7 Å². The maximum Gasteiger partial charge on any atom is 0.224 e. The van der Waals surface area contributed by atoms with Gasteiger partial charge < -0.3 is 15.0 Å². The molecule has 0 radical (unpaired) electrons. The van der Waals surface area contributed by atoms with E-state index in [0.717, 1.165) is 36.2 Å². The highest BCUT2D eigenvalue weighted by Crippen LogP contribution is 2.12. The lowest BCUT2D eigenvalue weighted by atomic mass is 10.2. The number of rotatable bonds is 5. The summed E-state index contributed by atoms with van der Waals surface area (Å²) in [6.45, 7) is 4.44. The van der Waals surface area contributed by atoms with Crippen molar-refractivity contribution < 1.29 is 9.53 Å². The standard InChI is InChI=1S/C14H19BrN2O2/c15-13-3-1-2-12(10-13)11-19-9-4-14(18)17-7-5-16-6-8-17/h1-3,10,16H,4-9,11H2. The number of carbonyl (C=O) groups excluding carboxylic acids is 1. The number of hydrogen-bond acceptors (Lipinski definition) is 3. The summed E-state index contributed by atoms with van der Waals surface area (Å²) in [6, 6.07) is 8.01. The Kier molecular flexibility index (Phi) is 5.82. The lowest BCUT2D eigenvalue weighted by Crippen LogP contribution is -2.46. The fourth-order valence-electron chi connectivity index (χ4n) is 2.05. The Morgan fingerprint density at radius 2 is 2.16 bits per heavy atom. The van der Waals surface area contributed by atoms with E-state index in [1.165, 1.54) is 0 Å². The Morgan fingerprint density at radius 1 is 1.37 bits per heavy atom. The van der Waals surface area contributed by atoms with Gasteiger partial charge in [0, 0.05) is 30.7 Å². The molecule has 19 heavy (non-hydrogen) atoms. The molecule has 1 aliphatic rings. The van der Waals surface area contributed by atoms with E-state index in [0.29, 0.717) is 19.6 Å². The van der Waals surface area contributed by atoms with Crippen molar-refractivity contribution in [1.29, 1.82) is 0 Å². The zero-order chi connectivity index (χ0) is 13.5. The Labute approximate surface area is 122 Å². The van der Waals surface area contributed by atoms with Gasteiger partial charge >= 0.3 is 0 Å². The van der Waals surface area contributed by atoms with Crippen LogP contribution in [0.25, 0.3) is 0 Å². The minimum absolute atomic E-state index is 0.191. The second-order valence-electron chi connectivity index (χ2n) is 4.56. The third kappa shape index (κ3) is 4.93. The second kappa shape index (κ2) is 7.62. The third-order valence-electron chi connectivity index (χ3n) is 3.09. The molecule has 1 N–H and O–H groups in total. The number of benzene rings is 1. The first kappa shape index (κ1) is 14.5. The molecule has 104 valence electrons. The van der Waals surface area contributed by atoms with Crippen LogP contribution in [0.1, 0.15) is 12.0 Å². The molecule has 0 unspecified atom stereocenters. The predicted octanol–water partition coefficient (Wildman–Crippen LogP) is 1.79. The first-order valence-corrected chi connectivity index (χ1v) is 7.36. The van der Waals surface area contributed by atoms with Gasteiger partial charge in [-0.3, -0.25) is 4.79 Å². The largest absolute Gasteiger partial charge is 0.376 e. The van der Waals surface area contributed by atoms with Gasteiger partial charge in [-0.1, -0.05) is 28.1 Å². The third-order valence-corrected chi connectivity index (χ3v) is 3.58. The van der Waals surface area contributed by atoms with E-state index in [4.69, 9.17) is 4.74 Å². The van der Waals surface area contributed by atoms with Crippen molar-refractivity contribution in [2.45, 2.75) is 13.0 Å². The van der Waals surface area contributed by atoms with Gasteiger partial charge in [-0.15, -0.1) is 0 Å². The predicted molar refractivity (Wildman–Crippen MR) is 77.9 cm³/mol. The van der Waals surface area contributed by atoms with Crippen LogP contribution in [0.4, 0.5) is 0 Å². The molecule has 1 aromatic carbocycles. The molecule has 1 heterocycles. The molecule has 0 bridgehead atoms. The number of nitrogens with zero attached hydrogens (tertiary/aromatic N) is 1. The molecule has 1 amide bonds. The summed E-state index contributed by atoms with van der Waals surface area (Å²) in [5.41, 5.74) is 1.11. The molecule has 0 aromatic heterocycles. The van der Waals surface area contributed by atoms with E-state index in [1.54, 1.807) is 0 Å². The lowest BCUT2D eigenvalue weighted by molar-refractivity contribution is -0.133. The van der Waals surface area contributed by atoms with Crippen molar-refractivity contribution in [2.24, 2.45) is 0 Å². The first-order chi connectivity index (χ1) is 9.25. The number of halogens is 1. The maximum absolute atomic E-state index is 11.9. The summed E-state index contributed by atoms with van der Waals surface area (Å²) in [7, 11) is 0. The molecule has 0 spiro atoms. The molecule has 1 fully saturated rings. The number of nitrogens with one attached hydrogen (secondary N) is 1.